The summed E-state index contributed by atoms with van der Waals surface area (Å²) in [7, 11) is -2.77. The maximum absolute atomic E-state index is 11.3. The molecule has 0 aliphatic carbocycles. The molecule has 0 saturated carbocycles. The molecule has 1 aliphatic rings. The zero-order valence-electron chi connectivity index (χ0n) is 12.2. The van der Waals surface area contributed by atoms with Gasteiger partial charge in [0.1, 0.15) is 0 Å². The SMILES string of the molecule is CCNC(C)(CO)CCCCN1CCS(=O)(=O)CC1. The fourth-order valence-electron chi connectivity index (χ4n) is 2.47. The molecule has 1 rings (SSSR count). The van der Waals surface area contributed by atoms with E-state index in [2.05, 4.69) is 10.2 Å². The lowest BCUT2D eigenvalue weighted by Gasteiger charge is -2.29. The molecule has 1 aliphatic heterocycles. The Morgan fingerprint density at radius 2 is 1.89 bits per heavy atom. The topological polar surface area (TPSA) is 69.6 Å². The second-order valence-electron chi connectivity index (χ2n) is 5.70. The van der Waals surface area contributed by atoms with Crippen molar-refractivity contribution in [1.29, 1.82) is 0 Å². The Balaban J connectivity index is 2.17. The molecular weight excluding hydrogens is 264 g/mol. The number of hydrogen-bond donors (Lipinski definition) is 2. The number of hydrogen-bond acceptors (Lipinski definition) is 5. The van der Waals surface area contributed by atoms with Gasteiger partial charge in [0.2, 0.25) is 0 Å². The van der Waals surface area contributed by atoms with E-state index in [1.165, 1.54) is 0 Å². The van der Waals surface area contributed by atoms with Crippen molar-refractivity contribution in [3.8, 4) is 0 Å². The average Bonchev–Trinajstić information content (AvgIpc) is 2.37. The van der Waals surface area contributed by atoms with Crippen LogP contribution < -0.4 is 5.32 Å². The Bertz CT molecular complexity index is 345. The highest BCUT2D eigenvalue weighted by atomic mass is 32.2. The molecule has 114 valence electrons. The first-order valence-electron chi connectivity index (χ1n) is 7.19. The summed E-state index contributed by atoms with van der Waals surface area (Å²) in [6.07, 6.45) is 3.05. The zero-order valence-corrected chi connectivity index (χ0v) is 13.0. The van der Waals surface area contributed by atoms with Crippen molar-refractivity contribution in [3.05, 3.63) is 0 Å². The summed E-state index contributed by atoms with van der Waals surface area (Å²) >= 11 is 0. The van der Waals surface area contributed by atoms with Crippen molar-refractivity contribution in [2.75, 3.05) is 44.3 Å². The zero-order chi connectivity index (χ0) is 14.4. The van der Waals surface area contributed by atoms with E-state index in [9.17, 15) is 13.5 Å². The minimum absolute atomic E-state index is 0.156. The third-order valence-corrected chi connectivity index (χ3v) is 5.45. The quantitative estimate of drug-likeness (QED) is 0.628. The molecule has 0 aromatic carbocycles. The number of aliphatic hydroxyl groups excluding tert-OH is 1. The van der Waals surface area contributed by atoms with Crippen molar-refractivity contribution in [1.82, 2.24) is 10.2 Å². The fourth-order valence-corrected chi connectivity index (χ4v) is 3.75. The molecule has 2 N–H and O–H groups in total. The molecule has 5 nitrogen and oxygen atoms in total. The van der Waals surface area contributed by atoms with Gasteiger partial charge in [-0.15, -0.1) is 0 Å². The van der Waals surface area contributed by atoms with E-state index in [4.69, 9.17) is 0 Å². The summed E-state index contributed by atoms with van der Waals surface area (Å²) in [4.78, 5) is 2.23. The number of nitrogens with one attached hydrogen (secondary N) is 1. The summed E-state index contributed by atoms with van der Waals surface area (Å²) in [6, 6.07) is 0. The molecule has 0 aromatic rings. The molecule has 0 amide bonds. The first kappa shape index (κ1) is 16.9. The maximum Gasteiger partial charge on any atom is 0.152 e. The van der Waals surface area contributed by atoms with Crippen LogP contribution in [0.1, 0.15) is 33.1 Å². The van der Waals surface area contributed by atoms with Crippen LogP contribution in [-0.4, -0.2) is 68.3 Å². The van der Waals surface area contributed by atoms with Gasteiger partial charge in [-0.05, 0) is 32.9 Å². The van der Waals surface area contributed by atoms with Gasteiger partial charge >= 0.3 is 0 Å². The second kappa shape index (κ2) is 7.57. The van der Waals surface area contributed by atoms with E-state index in [0.29, 0.717) is 24.6 Å². The average molecular weight is 292 g/mol. The predicted octanol–water partition coefficient (Wildman–Crippen LogP) is 0.248. The first-order valence-corrected chi connectivity index (χ1v) is 9.01. The Kier molecular flexibility index (Phi) is 6.73. The number of likely N-dealkylation sites (N-methyl/N-ethyl adjacent to an activating group) is 1. The molecule has 0 bridgehead atoms. The molecule has 1 fully saturated rings. The number of nitrogens with zero attached hydrogens (tertiary/aromatic N) is 1. The van der Waals surface area contributed by atoms with E-state index in [1.807, 2.05) is 13.8 Å². The third kappa shape index (κ3) is 6.21. The predicted molar refractivity (Wildman–Crippen MR) is 78.1 cm³/mol. The maximum atomic E-state index is 11.3. The van der Waals surface area contributed by atoms with Crippen LogP contribution in [0.4, 0.5) is 0 Å². The molecule has 0 spiro atoms. The second-order valence-corrected chi connectivity index (χ2v) is 8.00. The smallest absolute Gasteiger partial charge is 0.152 e. The normalized spacial score (nSPS) is 23.1. The van der Waals surface area contributed by atoms with Crippen molar-refractivity contribution in [2.45, 2.75) is 38.6 Å². The van der Waals surface area contributed by atoms with Crippen LogP contribution in [0.2, 0.25) is 0 Å². The summed E-state index contributed by atoms with van der Waals surface area (Å²) in [6.45, 7) is 7.42. The van der Waals surface area contributed by atoms with Crippen LogP contribution in [0.3, 0.4) is 0 Å². The molecule has 0 radical (unpaired) electrons. The Morgan fingerprint density at radius 3 is 2.42 bits per heavy atom. The van der Waals surface area contributed by atoms with Gasteiger partial charge in [0, 0.05) is 18.6 Å². The molecular formula is C13H28N2O3S. The highest BCUT2D eigenvalue weighted by Crippen LogP contribution is 2.14. The molecule has 1 atom stereocenters. The lowest BCUT2D eigenvalue weighted by atomic mass is 9.95. The molecule has 1 heterocycles. The van der Waals surface area contributed by atoms with Crippen molar-refractivity contribution in [3.63, 3.8) is 0 Å². The number of rotatable bonds is 8. The monoisotopic (exact) mass is 292 g/mol. The van der Waals surface area contributed by atoms with Crippen molar-refractivity contribution < 1.29 is 13.5 Å². The standard InChI is InChI=1S/C13H28N2O3S/c1-3-14-13(2,12-16)6-4-5-7-15-8-10-19(17,18)11-9-15/h14,16H,3-12H2,1-2H3. The molecule has 1 unspecified atom stereocenters. The van der Waals surface area contributed by atoms with Crippen LogP contribution in [0.5, 0.6) is 0 Å². The van der Waals surface area contributed by atoms with Gasteiger partial charge in [-0.1, -0.05) is 13.3 Å². The number of aliphatic hydroxyl groups is 1. The third-order valence-electron chi connectivity index (χ3n) is 3.84. The lowest BCUT2D eigenvalue weighted by Crippen LogP contribution is -2.45. The van der Waals surface area contributed by atoms with E-state index in [-0.39, 0.29) is 12.1 Å². The largest absolute Gasteiger partial charge is 0.394 e. The highest BCUT2D eigenvalue weighted by molar-refractivity contribution is 7.91. The molecule has 1 saturated heterocycles. The van der Waals surface area contributed by atoms with Gasteiger partial charge < -0.3 is 15.3 Å². The summed E-state index contributed by atoms with van der Waals surface area (Å²) in [5.41, 5.74) is -0.181. The lowest BCUT2D eigenvalue weighted by molar-refractivity contribution is 0.163. The Labute approximate surface area is 117 Å². The van der Waals surface area contributed by atoms with Crippen LogP contribution >= 0.6 is 0 Å². The van der Waals surface area contributed by atoms with Crippen LogP contribution in [-0.2, 0) is 9.84 Å². The summed E-state index contributed by atoms with van der Waals surface area (Å²) < 4.78 is 22.6. The van der Waals surface area contributed by atoms with Gasteiger partial charge in [-0.25, -0.2) is 8.42 Å². The summed E-state index contributed by atoms with van der Waals surface area (Å²) in [5.74, 6) is 0.609. The van der Waals surface area contributed by atoms with Gasteiger partial charge in [0.15, 0.2) is 9.84 Å². The molecule has 19 heavy (non-hydrogen) atoms. The molecule has 6 heteroatoms. The van der Waals surface area contributed by atoms with Crippen LogP contribution in [0.15, 0.2) is 0 Å². The number of unbranched alkanes of at least 4 members (excludes halogenated alkanes) is 1. The minimum atomic E-state index is -2.77. The Hall–Kier alpha value is -0.170. The van der Waals surface area contributed by atoms with Crippen LogP contribution in [0.25, 0.3) is 0 Å². The van der Waals surface area contributed by atoms with Crippen LogP contribution in [0, 0.1) is 0 Å². The first-order chi connectivity index (χ1) is 8.91. The molecule has 0 aromatic heterocycles. The van der Waals surface area contributed by atoms with E-state index in [0.717, 1.165) is 32.4 Å². The summed E-state index contributed by atoms with van der Waals surface area (Å²) in [5, 5.41) is 12.7. The van der Waals surface area contributed by atoms with E-state index >= 15 is 0 Å². The Morgan fingerprint density at radius 1 is 1.26 bits per heavy atom. The van der Waals surface area contributed by atoms with Gasteiger partial charge in [-0.2, -0.15) is 0 Å². The highest BCUT2D eigenvalue weighted by Gasteiger charge is 2.23. The number of sulfone groups is 1. The minimum Gasteiger partial charge on any atom is -0.394 e. The van der Waals surface area contributed by atoms with Gasteiger partial charge in [0.05, 0.1) is 18.1 Å². The fraction of sp³-hybridized carbons (Fsp3) is 1.00. The van der Waals surface area contributed by atoms with Crippen molar-refractivity contribution >= 4 is 9.84 Å². The van der Waals surface area contributed by atoms with Gasteiger partial charge in [0.25, 0.3) is 0 Å². The van der Waals surface area contributed by atoms with Crippen molar-refractivity contribution in [2.24, 2.45) is 0 Å². The van der Waals surface area contributed by atoms with E-state index in [1.54, 1.807) is 0 Å². The van der Waals surface area contributed by atoms with E-state index < -0.39 is 9.84 Å². The van der Waals surface area contributed by atoms with Gasteiger partial charge in [-0.3, -0.25) is 0 Å².